The molecular formula is C29H30N2O4. The van der Waals surface area contributed by atoms with Crippen molar-refractivity contribution in [2.75, 3.05) is 18.5 Å². The van der Waals surface area contributed by atoms with Gasteiger partial charge in [0.25, 0.3) is 5.91 Å². The summed E-state index contributed by atoms with van der Waals surface area (Å²) in [6.07, 6.45) is 6.84. The lowest BCUT2D eigenvalue weighted by Crippen LogP contribution is -2.37. The highest BCUT2D eigenvalue weighted by atomic mass is 16.7. The Morgan fingerprint density at radius 1 is 1.14 bits per heavy atom. The number of pyridine rings is 1. The lowest BCUT2D eigenvalue weighted by Gasteiger charge is -2.37. The van der Waals surface area contributed by atoms with Crippen molar-refractivity contribution < 1.29 is 19.4 Å². The second-order valence-electron chi connectivity index (χ2n) is 8.97. The average molecular weight is 471 g/mol. The summed E-state index contributed by atoms with van der Waals surface area (Å²) in [5.41, 5.74) is 6.91. The van der Waals surface area contributed by atoms with Gasteiger partial charge in [0, 0.05) is 31.2 Å². The predicted octanol–water partition coefficient (Wildman–Crippen LogP) is 5.04. The highest BCUT2D eigenvalue weighted by Crippen LogP contribution is 2.43. The number of nitrogens with zero attached hydrogens (tertiary/aromatic N) is 1. The van der Waals surface area contributed by atoms with Crippen LogP contribution in [0.2, 0.25) is 0 Å². The molecular weight excluding hydrogens is 440 g/mol. The maximum absolute atomic E-state index is 13.1. The van der Waals surface area contributed by atoms with E-state index in [2.05, 4.69) is 52.8 Å². The minimum absolute atomic E-state index is 0.0288. The van der Waals surface area contributed by atoms with Gasteiger partial charge in [-0.25, -0.2) is 0 Å². The number of hydrogen-bond donors (Lipinski definition) is 2. The van der Waals surface area contributed by atoms with E-state index < -0.39 is 6.29 Å². The number of hydrogen-bond acceptors (Lipinski definition) is 5. The van der Waals surface area contributed by atoms with Gasteiger partial charge >= 0.3 is 0 Å². The fourth-order valence-electron chi connectivity index (χ4n) is 5.15. The van der Waals surface area contributed by atoms with Gasteiger partial charge in [-0.3, -0.25) is 9.78 Å². The van der Waals surface area contributed by atoms with Gasteiger partial charge in [0.1, 0.15) is 0 Å². The van der Waals surface area contributed by atoms with Crippen LogP contribution in [0.4, 0.5) is 5.69 Å². The monoisotopic (exact) mass is 470 g/mol. The van der Waals surface area contributed by atoms with Crippen LogP contribution in [0.5, 0.6) is 0 Å². The van der Waals surface area contributed by atoms with Crippen LogP contribution in [0, 0.1) is 5.92 Å². The first-order valence-electron chi connectivity index (χ1n) is 12.2. The Bertz CT molecular complexity index is 1220. The van der Waals surface area contributed by atoms with Crippen LogP contribution in [0.1, 0.15) is 42.4 Å². The van der Waals surface area contributed by atoms with Gasteiger partial charge in [-0.2, -0.15) is 0 Å². The Labute approximate surface area is 205 Å². The number of anilines is 1. The van der Waals surface area contributed by atoms with E-state index in [1.54, 1.807) is 24.5 Å². The van der Waals surface area contributed by atoms with Crippen molar-refractivity contribution >= 4 is 11.6 Å². The fraction of sp³-hybridized carbons (Fsp3) is 0.310. The fourth-order valence-corrected chi connectivity index (χ4v) is 5.15. The van der Waals surface area contributed by atoms with Crippen molar-refractivity contribution in [2.45, 2.75) is 38.4 Å². The largest absolute Gasteiger partial charge is 0.459 e. The van der Waals surface area contributed by atoms with Gasteiger partial charge in [0.05, 0.1) is 11.9 Å². The van der Waals surface area contributed by atoms with Gasteiger partial charge in [-0.15, -0.1) is 0 Å². The lowest BCUT2D eigenvalue weighted by atomic mass is 9.80. The van der Waals surface area contributed by atoms with Crippen LogP contribution < -0.4 is 5.32 Å². The number of carbonyl (C=O) groups excluding carboxylic acids is 1. The molecule has 35 heavy (non-hydrogen) atoms. The molecule has 0 saturated heterocycles. The lowest BCUT2D eigenvalue weighted by molar-refractivity contribution is -0.165. The Morgan fingerprint density at radius 3 is 2.80 bits per heavy atom. The van der Waals surface area contributed by atoms with E-state index in [4.69, 9.17) is 9.47 Å². The summed E-state index contributed by atoms with van der Waals surface area (Å²) in [5, 5.41) is 12.4. The number of fused-ring (bicyclic) bond motifs is 3. The van der Waals surface area contributed by atoms with Crippen molar-refractivity contribution in [1.29, 1.82) is 0 Å². The highest BCUT2D eigenvalue weighted by molar-refractivity contribution is 6.02. The second-order valence-corrected chi connectivity index (χ2v) is 8.97. The quantitative estimate of drug-likeness (QED) is 0.377. The molecule has 3 atom stereocenters. The Kier molecular flexibility index (Phi) is 6.93. The molecule has 180 valence electrons. The third kappa shape index (κ3) is 4.85. The number of benzene rings is 2. The molecule has 2 N–H and O–H groups in total. The van der Waals surface area contributed by atoms with Crippen LogP contribution in [-0.4, -0.2) is 35.5 Å². The maximum atomic E-state index is 13.1. The zero-order valence-corrected chi connectivity index (χ0v) is 19.8. The maximum Gasteiger partial charge on any atom is 0.290 e. The van der Waals surface area contributed by atoms with Crippen LogP contribution >= 0.6 is 0 Å². The van der Waals surface area contributed by atoms with Crippen LogP contribution in [0.25, 0.3) is 11.1 Å². The number of aliphatic hydroxyl groups excluding tert-OH is 1. The van der Waals surface area contributed by atoms with Gasteiger partial charge in [0.2, 0.25) is 6.29 Å². The number of carbonyl (C=O) groups is 1. The number of nitrogens with one attached hydrogen (secondary N) is 1. The summed E-state index contributed by atoms with van der Waals surface area (Å²) in [5.74, 6) is -0.211. The van der Waals surface area contributed by atoms with Crippen LogP contribution in [0.3, 0.4) is 0 Å². The molecule has 0 saturated carbocycles. The summed E-state index contributed by atoms with van der Waals surface area (Å²) in [6.45, 7) is 2.48. The van der Waals surface area contributed by atoms with Crippen molar-refractivity contribution in [1.82, 2.24) is 4.98 Å². The smallest absolute Gasteiger partial charge is 0.290 e. The Morgan fingerprint density at radius 2 is 2.00 bits per heavy atom. The molecule has 0 spiro atoms. The standard InChI is InChI=1S/C29H30N2O4/c1-2-34-29-25(10-6-14-32)26(17-27(35-29)28(33)31-22-8-5-13-30-18-22)20-11-12-24-21(16-20)15-19-7-3-4-9-23(19)24/h3-5,7-9,11-13,16-18,25-26,29,32H,2,6,10,14-15H2,1H3,(H,31,33)/t25-,26-,29-/m1/s1. The summed E-state index contributed by atoms with van der Waals surface area (Å²) in [4.78, 5) is 17.2. The molecule has 5 rings (SSSR count). The summed E-state index contributed by atoms with van der Waals surface area (Å²) in [7, 11) is 0. The van der Waals surface area contributed by atoms with E-state index >= 15 is 0 Å². The van der Waals surface area contributed by atoms with E-state index in [0.717, 1.165) is 18.4 Å². The normalized spacial score (nSPS) is 20.4. The number of amides is 1. The molecule has 1 aromatic heterocycles. The van der Waals surface area contributed by atoms with Crippen molar-refractivity contribution in [3.63, 3.8) is 0 Å². The first kappa shape index (κ1) is 23.3. The molecule has 0 fully saturated rings. The Hall–Kier alpha value is -3.48. The van der Waals surface area contributed by atoms with Gasteiger partial charge in [0.15, 0.2) is 5.76 Å². The minimum atomic E-state index is -0.582. The first-order chi connectivity index (χ1) is 17.2. The highest BCUT2D eigenvalue weighted by Gasteiger charge is 2.38. The minimum Gasteiger partial charge on any atom is -0.459 e. The number of ether oxygens (including phenoxy) is 2. The molecule has 3 aromatic rings. The molecule has 2 heterocycles. The summed E-state index contributed by atoms with van der Waals surface area (Å²) >= 11 is 0. The Balaban J connectivity index is 1.50. The second kappa shape index (κ2) is 10.4. The summed E-state index contributed by atoms with van der Waals surface area (Å²) < 4.78 is 12.1. The molecule has 2 aromatic carbocycles. The van der Waals surface area contributed by atoms with E-state index in [-0.39, 0.29) is 30.1 Å². The number of rotatable bonds is 8. The number of aromatic nitrogens is 1. The van der Waals surface area contributed by atoms with E-state index in [9.17, 15) is 9.90 Å². The van der Waals surface area contributed by atoms with Crippen molar-refractivity contribution in [3.05, 3.63) is 95.5 Å². The van der Waals surface area contributed by atoms with Crippen LogP contribution in [-0.2, 0) is 20.7 Å². The topological polar surface area (TPSA) is 80.7 Å². The average Bonchev–Trinajstić information content (AvgIpc) is 3.26. The third-order valence-corrected chi connectivity index (χ3v) is 6.76. The zero-order valence-electron chi connectivity index (χ0n) is 19.8. The van der Waals surface area contributed by atoms with E-state index in [1.807, 2.05) is 13.0 Å². The SMILES string of the molecule is CCO[C@@H]1OC(C(=O)Nc2cccnc2)=C[C@H](c2ccc3c(c2)Cc2ccccc2-3)[C@H]1CCCO. The molecule has 1 amide bonds. The van der Waals surface area contributed by atoms with E-state index in [1.165, 1.54) is 22.3 Å². The molecule has 0 unspecified atom stereocenters. The van der Waals surface area contributed by atoms with E-state index in [0.29, 0.717) is 18.7 Å². The molecule has 0 radical (unpaired) electrons. The molecule has 2 aliphatic rings. The molecule has 6 heteroatoms. The molecule has 1 aliphatic carbocycles. The first-order valence-corrected chi connectivity index (χ1v) is 12.2. The van der Waals surface area contributed by atoms with Gasteiger partial charge < -0.3 is 19.9 Å². The molecule has 6 nitrogen and oxygen atoms in total. The van der Waals surface area contributed by atoms with Gasteiger partial charge in [-0.05, 0) is 72.2 Å². The van der Waals surface area contributed by atoms with Crippen molar-refractivity contribution in [2.24, 2.45) is 5.92 Å². The molecule has 1 aliphatic heterocycles. The molecule has 0 bridgehead atoms. The predicted molar refractivity (Wildman–Crippen MR) is 135 cm³/mol. The number of aliphatic hydroxyl groups is 1. The van der Waals surface area contributed by atoms with Gasteiger partial charge in [-0.1, -0.05) is 42.5 Å². The van der Waals surface area contributed by atoms with Crippen LogP contribution in [0.15, 0.2) is 78.8 Å². The summed E-state index contributed by atoms with van der Waals surface area (Å²) in [6, 6.07) is 18.7. The number of allylic oxidation sites excluding steroid dienone is 1. The van der Waals surface area contributed by atoms with Crippen molar-refractivity contribution in [3.8, 4) is 11.1 Å². The zero-order chi connectivity index (χ0) is 24.2. The third-order valence-electron chi connectivity index (χ3n) is 6.76.